The monoisotopic (exact) mass is 270 g/mol. The molecule has 0 aromatic carbocycles. The lowest BCUT2D eigenvalue weighted by molar-refractivity contribution is -0.240. The summed E-state index contributed by atoms with van der Waals surface area (Å²) in [7, 11) is 0. The van der Waals surface area contributed by atoms with E-state index in [-0.39, 0.29) is 17.1 Å². The van der Waals surface area contributed by atoms with Crippen molar-refractivity contribution >= 4 is 17.5 Å². The van der Waals surface area contributed by atoms with E-state index in [4.69, 9.17) is 31.2 Å². The third kappa shape index (κ3) is 1.25. The highest BCUT2D eigenvalue weighted by Gasteiger charge is 2.70. The highest BCUT2D eigenvalue weighted by Crippen LogP contribution is 2.63. The van der Waals surface area contributed by atoms with Crippen molar-refractivity contribution in [2.75, 3.05) is 13.2 Å². The van der Waals surface area contributed by atoms with Gasteiger partial charge >= 0.3 is 5.24 Å². The van der Waals surface area contributed by atoms with Gasteiger partial charge in [0.2, 0.25) is 0 Å². The summed E-state index contributed by atoms with van der Waals surface area (Å²) in [5, 5.41) is 0.306. The maximum absolute atomic E-state index is 6.02. The topological polar surface area (TPSA) is 36.9 Å². The molecule has 2 aliphatic heterocycles. The molecule has 0 radical (unpaired) electrons. The molecule has 3 atom stereocenters. The second-order valence-corrected chi connectivity index (χ2v) is 6.57. The summed E-state index contributed by atoms with van der Waals surface area (Å²) in [4.78, 5) is 0. The Labute approximate surface area is 112 Å². The molecule has 0 unspecified atom stereocenters. The van der Waals surface area contributed by atoms with Gasteiger partial charge in [-0.05, 0) is 19.3 Å². The normalized spacial score (nSPS) is 48.7. The number of thiocarbonyl (C=S) groups is 1. The first-order valence-electron chi connectivity index (χ1n) is 6.75. The van der Waals surface area contributed by atoms with Crippen LogP contribution in [-0.2, 0) is 18.9 Å². The molecule has 2 heterocycles. The van der Waals surface area contributed by atoms with E-state index in [1.807, 2.05) is 0 Å². The Morgan fingerprint density at radius 3 is 2.72 bits per heavy atom. The molecule has 0 aromatic heterocycles. The molecule has 2 saturated heterocycles. The minimum Gasteiger partial charge on any atom is -0.449 e. The molecule has 0 amide bonds. The molecule has 4 rings (SSSR count). The average molecular weight is 270 g/mol. The SMILES string of the molecule is C[C@]12CC[C@@H]3OC(=S)O[C@@]31CC1(CC2)OCCO1. The van der Waals surface area contributed by atoms with Crippen LogP contribution in [0.25, 0.3) is 0 Å². The molecule has 100 valence electrons. The molecule has 2 aliphatic carbocycles. The third-order valence-corrected chi connectivity index (χ3v) is 5.59. The van der Waals surface area contributed by atoms with Crippen LogP contribution in [0.5, 0.6) is 0 Å². The minimum absolute atomic E-state index is 0.0833. The summed E-state index contributed by atoms with van der Waals surface area (Å²) >= 11 is 5.12. The first kappa shape index (κ1) is 11.4. The van der Waals surface area contributed by atoms with Crippen molar-refractivity contribution in [3.05, 3.63) is 0 Å². The van der Waals surface area contributed by atoms with Gasteiger partial charge in [0, 0.05) is 30.5 Å². The number of hydrogen-bond acceptors (Lipinski definition) is 5. The van der Waals surface area contributed by atoms with Crippen molar-refractivity contribution in [1.82, 2.24) is 0 Å². The van der Waals surface area contributed by atoms with E-state index >= 15 is 0 Å². The predicted molar refractivity (Wildman–Crippen MR) is 67.1 cm³/mol. The summed E-state index contributed by atoms with van der Waals surface area (Å²) in [6.07, 6.45) is 4.99. The largest absolute Gasteiger partial charge is 0.449 e. The molecule has 0 aromatic rings. The summed E-state index contributed by atoms with van der Waals surface area (Å²) in [6, 6.07) is 0. The lowest BCUT2D eigenvalue weighted by Crippen LogP contribution is -2.58. The van der Waals surface area contributed by atoms with Crippen molar-refractivity contribution in [1.29, 1.82) is 0 Å². The van der Waals surface area contributed by atoms with Gasteiger partial charge in [0.05, 0.1) is 13.2 Å². The summed E-state index contributed by atoms with van der Waals surface area (Å²) < 4.78 is 23.5. The Kier molecular flexibility index (Phi) is 2.15. The molecule has 4 fully saturated rings. The standard InChI is InChI=1S/C13H18O4S/c1-11-3-2-9-13(11,17-10(18)16-9)8-12(5-4-11)14-6-7-15-12/h9H,2-8H2,1H3/t9-,11+,13-/m0/s1. The first-order valence-corrected chi connectivity index (χ1v) is 7.16. The zero-order chi connectivity index (χ0) is 12.4. The van der Waals surface area contributed by atoms with Gasteiger partial charge in [-0.1, -0.05) is 6.92 Å². The average Bonchev–Trinajstić information content (AvgIpc) is 2.95. The zero-order valence-electron chi connectivity index (χ0n) is 10.6. The molecule has 2 spiro atoms. The molecule has 4 nitrogen and oxygen atoms in total. The van der Waals surface area contributed by atoms with Crippen LogP contribution in [0.4, 0.5) is 0 Å². The van der Waals surface area contributed by atoms with Gasteiger partial charge in [-0.15, -0.1) is 0 Å². The van der Waals surface area contributed by atoms with Crippen molar-refractivity contribution in [3.63, 3.8) is 0 Å². The van der Waals surface area contributed by atoms with Gasteiger partial charge in [-0.2, -0.15) is 0 Å². The van der Waals surface area contributed by atoms with Crippen LogP contribution in [0.2, 0.25) is 0 Å². The highest BCUT2D eigenvalue weighted by molar-refractivity contribution is 7.79. The van der Waals surface area contributed by atoms with E-state index in [1.165, 1.54) is 0 Å². The highest BCUT2D eigenvalue weighted by atomic mass is 32.1. The van der Waals surface area contributed by atoms with E-state index in [0.717, 1.165) is 32.1 Å². The van der Waals surface area contributed by atoms with Crippen LogP contribution in [0, 0.1) is 5.41 Å². The third-order valence-electron chi connectivity index (χ3n) is 5.41. The second-order valence-electron chi connectivity index (χ2n) is 6.23. The van der Waals surface area contributed by atoms with Crippen LogP contribution >= 0.6 is 12.2 Å². The maximum atomic E-state index is 6.02. The van der Waals surface area contributed by atoms with Gasteiger partial charge in [0.1, 0.15) is 6.10 Å². The van der Waals surface area contributed by atoms with Gasteiger partial charge in [-0.25, -0.2) is 0 Å². The van der Waals surface area contributed by atoms with Crippen molar-refractivity contribution in [2.45, 2.75) is 56.5 Å². The Balaban J connectivity index is 1.74. The Hall–Kier alpha value is -0.390. The van der Waals surface area contributed by atoms with E-state index in [9.17, 15) is 0 Å². The Morgan fingerprint density at radius 2 is 1.94 bits per heavy atom. The molecular formula is C13H18O4S. The fourth-order valence-corrected chi connectivity index (χ4v) is 4.58. The lowest BCUT2D eigenvalue weighted by atomic mass is 9.63. The van der Waals surface area contributed by atoms with E-state index in [0.29, 0.717) is 18.5 Å². The zero-order valence-corrected chi connectivity index (χ0v) is 11.4. The Bertz CT molecular complexity index is 406. The summed E-state index contributed by atoms with van der Waals surface area (Å²) in [5.74, 6) is -0.453. The lowest BCUT2D eigenvalue weighted by Gasteiger charge is -2.50. The number of hydrogen-bond donors (Lipinski definition) is 0. The van der Waals surface area contributed by atoms with Crippen molar-refractivity contribution in [2.24, 2.45) is 5.41 Å². The molecule has 18 heavy (non-hydrogen) atoms. The molecule has 0 N–H and O–H groups in total. The molecule has 4 aliphatic rings. The quantitative estimate of drug-likeness (QED) is 0.630. The maximum Gasteiger partial charge on any atom is 0.353 e. The smallest absolute Gasteiger partial charge is 0.353 e. The predicted octanol–water partition coefficient (Wildman–Crippen LogP) is 2.15. The minimum atomic E-state index is -0.453. The Morgan fingerprint density at radius 1 is 1.17 bits per heavy atom. The number of rotatable bonds is 0. The fourth-order valence-electron chi connectivity index (χ4n) is 4.31. The van der Waals surface area contributed by atoms with Crippen molar-refractivity contribution < 1.29 is 18.9 Å². The summed E-state index contributed by atoms with van der Waals surface area (Å²) in [5.41, 5.74) is -0.189. The first-order chi connectivity index (χ1) is 8.58. The molecular weight excluding hydrogens is 252 g/mol. The molecule has 2 saturated carbocycles. The van der Waals surface area contributed by atoms with Crippen molar-refractivity contribution in [3.8, 4) is 0 Å². The summed E-state index contributed by atoms with van der Waals surface area (Å²) in [6.45, 7) is 3.66. The van der Waals surface area contributed by atoms with E-state index in [2.05, 4.69) is 6.92 Å². The number of ether oxygens (including phenoxy) is 4. The van der Waals surface area contributed by atoms with E-state index < -0.39 is 5.79 Å². The van der Waals surface area contributed by atoms with Crippen LogP contribution in [0.3, 0.4) is 0 Å². The van der Waals surface area contributed by atoms with Crippen LogP contribution in [0.15, 0.2) is 0 Å². The van der Waals surface area contributed by atoms with Gasteiger partial charge in [0.15, 0.2) is 11.4 Å². The van der Waals surface area contributed by atoms with Gasteiger partial charge in [0.25, 0.3) is 0 Å². The molecule has 5 heteroatoms. The van der Waals surface area contributed by atoms with Gasteiger partial charge in [-0.3, -0.25) is 0 Å². The molecule has 0 bridgehead atoms. The van der Waals surface area contributed by atoms with Crippen LogP contribution in [0.1, 0.15) is 39.0 Å². The van der Waals surface area contributed by atoms with Crippen LogP contribution < -0.4 is 0 Å². The second kappa shape index (κ2) is 3.38. The van der Waals surface area contributed by atoms with E-state index in [1.54, 1.807) is 0 Å². The fraction of sp³-hybridized carbons (Fsp3) is 0.923. The van der Waals surface area contributed by atoms with Crippen LogP contribution in [-0.4, -0.2) is 35.9 Å². The van der Waals surface area contributed by atoms with Gasteiger partial charge < -0.3 is 18.9 Å².